The molecular weight excluding hydrogens is 2200 g/mol. The molecule has 0 unspecified atom stereocenters. The second kappa shape index (κ2) is 55.0. The first-order valence-electron chi connectivity index (χ1n) is 42.2. The van der Waals surface area contributed by atoms with Crippen LogP contribution in [0.2, 0.25) is 0 Å². The number of nitrogens with zero attached hydrogens (tertiary/aromatic N) is 8. The minimum absolute atomic E-state index is 0. The fourth-order valence-electron chi connectivity index (χ4n) is 15.5. The van der Waals surface area contributed by atoms with E-state index in [4.69, 9.17) is 10.5 Å². The Balaban J connectivity index is 0.000000302. The molecule has 0 radical (unpaired) electrons. The summed E-state index contributed by atoms with van der Waals surface area (Å²) in [6.45, 7) is 12.4. The van der Waals surface area contributed by atoms with E-state index in [0.717, 1.165) is 62.0 Å². The molecule has 4 aromatic heterocycles. The minimum atomic E-state index is -7.22. The van der Waals surface area contributed by atoms with Gasteiger partial charge >= 0.3 is 34.1 Å². The van der Waals surface area contributed by atoms with Gasteiger partial charge in [-0.15, -0.1) is 43.7 Å². The van der Waals surface area contributed by atoms with E-state index in [9.17, 15) is 105 Å². The van der Waals surface area contributed by atoms with Gasteiger partial charge in [-0.2, -0.15) is 10.5 Å². The van der Waals surface area contributed by atoms with Gasteiger partial charge in [-0.05, 0) is 59.7 Å². The molecule has 0 amide bonds. The molecular formula is C98H62B2Cu2F40N8. The number of aromatic nitrogens is 4. The maximum absolute atomic E-state index is 15.4. The summed E-state index contributed by atoms with van der Waals surface area (Å²) in [6.07, 6.45) is 1.43. The summed E-state index contributed by atoms with van der Waals surface area (Å²) in [5.41, 5.74) is -21.7. The van der Waals surface area contributed by atoms with Gasteiger partial charge in [0.1, 0.15) is 105 Å². The van der Waals surface area contributed by atoms with Crippen LogP contribution in [0.1, 0.15) is 100 Å². The minimum Gasteiger partial charge on any atom is -0.287 e. The normalized spacial score (nSPS) is 11.0. The SMILES string of the molecule is CC#N.CC#N.CCCCCCCC.Fc1c(F)c(F)c([B-](c2c(F)c(F)c(F)c(F)c2F)(c2c(F)c(F)c(F)c(F)c2F)c2c(F)c(F)c(F)c(F)c2F)c(F)c1F.Fc1c(F)c(F)c([B-](c2c(F)c(F)c(F)c(F)c2F)(c2c(F)c(F)c(F)c(F)c2F)c2c(F)c(F)c(F)c(F)c2F)c(F)c1F.[Cu+].[Cu+].c1ccc(CN(Cc2ccccn2)Cc2ccccn2)cc1.c1ccc(CN(Cc2ccccn2)Cc2ccccn2)cc1. The number of rotatable bonds is 25. The molecule has 0 aliphatic rings. The van der Waals surface area contributed by atoms with Crippen LogP contribution in [0.15, 0.2) is 158 Å². The van der Waals surface area contributed by atoms with E-state index < -0.39 is 289 Å². The average Bonchev–Trinajstić information content (AvgIpc) is 0.682. The van der Waals surface area contributed by atoms with Crippen molar-refractivity contribution in [3.8, 4) is 12.1 Å². The number of halogens is 40. The van der Waals surface area contributed by atoms with Crippen LogP contribution >= 0.6 is 0 Å². The molecule has 0 aliphatic carbocycles. The number of benzene rings is 10. The second-order valence-electron chi connectivity index (χ2n) is 31.0. The van der Waals surface area contributed by atoms with Crippen LogP contribution in [0.25, 0.3) is 0 Å². The van der Waals surface area contributed by atoms with Crippen LogP contribution in [0.4, 0.5) is 176 Å². The van der Waals surface area contributed by atoms with E-state index in [1.807, 2.05) is 85.5 Å². The summed E-state index contributed by atoms with van der Waals surface area (Å²) in [5.74, 6) is -143. The van der Waals surface area contributed by atoms with E-state index >= 15 is 70.2 Å². The Morgan fingerprint density at radius 3 is 0.440 bits per heavy atom. The molecule has 0 N–H and O–H groups in total. The third kappa shape index (κ3) is 25.8. The number of nitriles is 2. The van der Waals surface area contributed by atoms with Crippen LogP contribution < -0.4 is 43.7 Å². The number of unbranched alkanes of at least 4 members (excludes halogenated alkanes) is 5. The molecule has 0 atom stereocenters. The fourth-order valence-corrected chi connectivity index (χ4v) is 15.5. The zero-order valence-electron chi connectivity index (χ0n) is 76.0. The van der Waals surface area contributed by atoms with Crippen molar-refractivity contribution in [2.45, 2.75) is 105 Å². The number of hydrogen-bond acceptors (Lipinski definition) is 8. The maximum atomic E-state index is 15.4. The van der Waals surface area contributed by atoms with E-state index in [0.29, 0.717) is 0 Å². The van der Waals surface area contributed by atoms with Gasteiger partial charge in [-0.25, -0.2) is 176 Å². The van der Waals surface area contributed by atoms with Crippen molar-refractivity contribution >= 4 is 56.0 Å². The molecule has 0 saturated heterocycles. The standard InChI is InChI=1S/2C24BF20.2C19H19N3.C8H18.2C2H3N.2Cu/c2*26-5-1(6(27)14(35)21(42)13(5)34)25(2-7(28)15(36)22(43)16(37)8(2)29,3-9(30)17(38)23(44)18(39)10(3)31)4-11(32)19(40)24(45)20(41)12(4)33;2*1-2-8-17(9-3-1)14-22(15-18-10-4-6-12-20-18)16-19-11-5-7-13-21-19;1-3-5-7-8-6-4-2;2*1-2-3;;/h;;2*1-13H,14-16H2;3-8H2,1-2H3;2*1H3;;/q2*-1;;;;;;2*+1. The molecule has 10 aromatic carbocycles. The van der Waals surface area contributed by atoms with Crippen molar-refractivity contribution in [3.63, 3.8) is 0 Å². The van der Waals surface area contributed by atoms with Crippen LogP contribution in [-0.2, 0) is 73.4 Å². The van der Waals surface area contributed by atoms with E-state index in [1.165, 1.54) is 63.5 Å². The van der Waals surface area contributed by atoms with Gasteiger partial charge in [0.25, 0.3) is 0 Å². The quantitative estimate of drug-likeness (QED) is 0.0183. The molecule has 802 valence electrons. The second-order valence-corrected chi connectivity index (χ2v) is 31.0. The Bertz CT molecular complexity index is 5800. The van der Waals surface area contributed by atoms with Crippen molar-refractivity contribution < 1.29 is 210 Å². The van der Waals surface area contributed by atoms with Crippen molar-refractivity contribution in [2.24, 2.45) is 0 Å². The molecule has 0 bridgehead atoms. The Morgan fingerprint density at radius 1 is 0.193 bits per heavy atom. The van der Waals surface area contributed by atoms with Gasteiger partial charge in [0.05, 0.1) is 34.9 Å². The van der Waals surface area contributed by atoms with E-state index in [-0.39, 0.29) is 34.1 Å². The fraction of sp³-hybridized carbons (Fsp3) is 0.163. The predicted molar refractivity (Wildman–Crippen MR) is 456 cm³/mol. The predicted octanol–water partition coefficient (Wildman–Crippen LogP) is 23.5. The zero-order valence-corrected chi connectivity index (χ0v) is 77.8. The van der Waals surface area contributed by atoms with Crippen molar-refractivity contribution in [1.82, 2.24) is 29.7 Å². The molecule has 8 nitrogen and oxygen atoms in total. The smallest absolute Gasteiger partial charge is 0.287 e. The number of hydrogen-bond donors (Lipinski definition) is 0. The molecule has 0 aliphatic heterocycles. The maximum Gasteiger partial charge on any atom is 1.00 e. The first-order chi connectivity index (χ1) is 69.9. The van der Waals surface area contributed by atoms with Crippen LogP contribution in [-0.4, -0.2) is 42.0 Å². The van der Waals surface area contributed by atoms with Crippen molar-refractivity contribution in [1.29, 1.82) is 10.5 Å². The summed E-state index contributed by atoms with van der Waals surface area (Å²) < 4.78 is 588. The van der Waals surface area contributed by atoms with Gasteiger partial charge in [0.15, 0.2) is 140 Å². The Labute approximate surface area is 844 Å². The first kappa shape index (κ1) is 125. The van der Waals surface area contributed by atoms with Gasteiger partial charge in [-0.1, -0.05) is 137 Å². The zero-order chi connectivity index (χ0) is 110. The largest absolute Gasteiger partial charge is 1.00 e. The molecule has 4 heterocycles. The summed E-state index contributed by atoms with van der Waals surface area (Å²) in [7, 11) is 0. The molecule has 14 aromatic rings. The van der Waals surface area contributed by atoms with Crippen LogP contribution in [0.3, 0.4) is 0 Å². The Morgan fingerprint density at radius 2 is 0.320 bits per heavy atom. The van der Waals surface area contributed by atoms with Crippen molar-refractivity contribution in [2.75, 3.05) is 0 Å². The third-order valence-electron chi connectivity index (χ3n) is 21.8. The van der Waals surface area contributed by atoms with Gasteiger partial charge in [0, 0.05) is 77.9 Å². The van der Waals surface area contributed by atoms with Gasteiger partial charge in [0.2, 0.25) is 0 Å². The molecule has 0 fully saturated rings. The third-order valence-corrected chi connectivity index (χ3v) is 21.8. The number of pyridine rings is 4. The molecule has 52 heteroatoms. The molecule has 0 saturated carbocycles. The topological polar surface area (TPSA) is 106 Å². The summed E-state index contributed by atoms with van der Waals surface area (Å²) in [4.78, 5) is 22.5. The van der Waals surface area contributed by atoms with Crippen LogP contribution in [0, 0.1) is 255 Å². The summed E-state index contributed by atoms with van der Waals surface area (Å²) >= 11 is 0. The summed E-state index contributed by atoms with van der Waals surface area (Å²) in [5, 5.41) is 14.6. The monoisotopic (exact) mass is 2260 g/mol. The Hall–Kier alpha value is -13.9. The first-order valence-corrected chi connectivity index (χ1v) is 42.2. The summed E-state index contributed by atoms with van der Waals surface area (Å²) in [6, 6.07) is 48.7. The van der Waals surface area contributed by atoms with Gasteiger partial charge in [-0.3, -0.25) is 29.7 Å². The molecule has 150 heavy (non-hydrogen) atoms. The molecule has 0 spiro atoms. The van der Waals surface area contributed by atoms with Gasteiger partial charge < -0.3 is 0 Å². The van der Waals surface area contributed by atoms with Crippen molar-refractivity contribution in [3.05, 3.63) is 425 Å². The van der Waals surface area contributed by atoms with E-state index in [2.05, 4.69) is 116 Å². The average molecular weight is 2260 g/mol. The Kier molecular flexibility index (Phi) is 45.8. The van der Waals surface area contributed by atoms with E-state index in [1.54, 1.807) is 12.1 Å². The molecule has 14 rings (SSSR count). The van der Waals surface area contributed by atoms with Crippen LogP contribution in [0.5, 0.6) is 0 Å².